The molecule has 0 bridgehead atoms. The van der Waals surface area contributed by atoms with E-state index in [1.807, 2.05) is 115 Å². The first-order chi connectivity index (χ1) is 28.9. The van der Waals surface area contributed by atoms with E-state index >= 15 is 0 Å². The minimum atomic E-state index is -1.58. The predicted octanol–water partition coefficient (Wildman–Crippen LogP) is 12.4. The van der Waals surface area contributed by atoms with Crippen LogP contribution < -0.4 is 9.30 Å². The van der Waals surface area contributed by atoms with Crippen molar-refractivity contribution in [3.05, 3.63) is 144 Å². The molecule has 0 atom stereocenters. The number of fused-ring (bicyclic) bond motifs is 4. The molecule has 8 rings (SSSR count). The molecular formula is C52H55N5OPt-2. The van der Waals surface area contributed by atoms with E-state index in [0.29, 0.717) is 34.3 Å². The fraction of sp³-hybridized carbons (Fsp3) is 0.327. The quantitative estimate of drug-likeness (QED) is 0.113. The molecule has 0 aliphatic heterocycles. The number of benzene rings is 4. The second kappa shape index (κ2) is 15.8. The maximum atomic E-state index is 9.04. The Morgan fingerprint density at radius 3 is 2.25 bits per heavy atom. The van der Waals surface area contributed by atoms with Gasteiger partial charge in [0.25, 0.3) is 6.33 Å². The van der Waals surface area contributed by atoms with Gasteiger partial charge in [-0.05, 0) is 99.3 Å². The van der Waals surface area contributed by atoms with Crippen LogP contribution in [0.3, 0.4) is 0 Å². The van der Waals surface area contributed by atoms with E-state index in [0.717, 1.165) is 49.8 Å². The maximum Gasteiger partial charge on any atom is 0.269 e. The Bertz CT molecular complexity index is 3000. The average molecular weight is 965 g/mol. The molecule has 8 aromatic rings. The van der Waals surface area contributed by atoms with Crippen LogP contribution in [0, 0.1) is 29.8 Å². The number of hydrogen-bond acceptors (Lipinski definition) is 3. The van der Waals surface area contributed by atoms with Crippen molar-refractivity contribution in [1.29, 1.82) is 0 Å². The van der Waals surface area contributed by atoms with Crippen LogP contribution in [0.15, 0.2) is 103 Å². The number of hydrogen-bond donors (Lipinski definition) is 0. The van der Waals surface area contributed by atoms with Gasteiger partial charge in [-0.3, -0.25) is 14.1 Å². The van der Waals surface area contributed by atoms with Crippen LogP contribution in [0.1, 0.15) is 104 Å². The van der Waals surface area contributed by atoms with Crippen LogP contribution in [0.2, 0.25) is 0 Å². The van der Waals surface area contributed by atoms with Gasteiger partial charge in [-0.1, -0.05) is 130 Å². The van der Waals surface area contributed by atoms with Gasteiger partial charge in [0.05, 0.1) is 22.5 Å². The molecule has 0 fully saturated rings. The first kappa shape index (κ1) is 37.0. The molecular weight excluding hydrogens is 906 g/mol. The number of pyridine rings is 2. The average Bonchev–Trinajstić information content (AvgIpc) is 3.75. The minimum Gasteiger partial charge on any atom is -0.522 e. The molecule has 0 saturated heterocycles. The van der Waals surface area contributed by atoms with Crippen molar-refractivity contribution in [2.24, 2.45) is 11.3 Å². The van der Waals surface area contributed by atoms with E-state index in [1.165, 1.54) is 0 Å². The van der Waals surface area contributed by atoms with E-state index in [-0.39, 0.29) is 37.8 Å². The fourth-order valence-electron chi connectivity index (χ4n) is 7.32. The maximum absolute atomic E-state index is 9.04. The van der Waals surface area contributed by atoms with Gasteiger partial charge in [-0.25, -0.2) is 4.98 Å². The van der Waals surface area contributed by atoms with Gasteiger partial charge in [0.2, 0.25) is 0 Å². The molecule has 0 radical (unpaired) electrons. The van der Waals surface area contributed by atoms with Gasteiger partial charge in [0, 0.05) is 44.0 Å². The van der Waals surface area contributed by atoms with Gasteiger partial charge >= 0.3 is 0 Å². The van der Waals surface area contributed by atoms with Crippen molar-refractivity contribution in [2.75, 3.05) is 0 Å². The Hall–Kier alpha value is -5.06. The molecule has 0 aliphatic carbocycles. The van der Waals surface area contributed by atoms with E-state index in [1.54, 1.807) is 12.3 Å². The van der Waals surface area contributed by atoms with Crippen LogP contribution in [0.4, 0.5) is 0 Å². The van der Waals surface area contributed by atoms with Crippen molar-refractivity contribution >= 4 is 32.8 Å². The van der Waals surface area contributed by atoms with Gasteiger partial charge in [0.1, 0.15) is 5.82 Å². The van der Waals surface area contributed by atoms with E-state index in [4.69, 9.17) is 20.2 Å². The third-order valence-corrected chi connectivity index (χ3v) is 10.1. The number of imidazole rings is 1. The minimum absolute atomic E-state index is 0. The van der Waals surface area contributed by atoms with Crippen molar-refractivity contribution in [3.63, 3.8) is 0 Å². The molecule has 59 heavy (non-hydrogen) atoms. The molecule has 0 amide bonds. The molecule has 0 unspecified atom stereocenters. The summed E-state index contributed by atoms with van der Waals surface area (Å²) < 4.78 is 48.4. The smallest absolute Gasteiger partial charge is 0.269 e. The Kier molecular flexibility index (Phi) is 9.93. The van der Waals surface area contributed by atoms with Crippen molar-refractivity contribution in [1.82, 2.24) is 19.1 Å². The largest absolute Gasteiger partial charge is 0.522 e. The Morgan fingerprint density at radius 1 is 0.746 bits per heavy atom. The molecule has 306 valence electrons. The van der Waals surface area contributed by atoms with Gasteiger partial charge in [-0.15, -0.1) is 23.6 Å². The zero-order chi connectivity index (χ0) is 44.7. The molecule has 0 N–H and O–H groups in total. The van der Waals surface area contributed by atoms with Crippen molar-refractivity contribution < 1.29 is 35.9 Å². The summed E-state index contributed by atoms with van der Waals surface area (Å²) in [5.74, 6) is 1.79. The fourth-order valence-corrected chi connectivity index (χ4v) is 7.32. The summed E-state index contributed by atoms with van der Waals surface area (Å²) in [4.78, 5) is 9.94. The van der Waals surface area contributed by atoms with Gasteiger partial charge in [-0.2, -0.15) is 12.1 Å². The van der Waals surface area contributed by atoms with Gasteiger partial charge in [0.15, 0.2) is 0 Å². The molecule has 4 heterocycles. The van der Waals surface area contributed by atoms with Crippen LogP contribution >= 0.6 is 0 Å². The Morgan fingerprint density at radius 2 is 1.53 bits per heavy atom. The van der Waals surface area contributed by atoms with E-state index < -0.39 is 18.2 Å². The summed E-state index contributed by atoms with van der Waals surface area (Å²) >= 11 is 0. The molecule has 7 heteroatoms. The summed E-state index contributed by atoms with van der Waals surface area (Å²) in [5, 5.41) is 1.99. The van der Waals surface area contributed by atoms with Crippen LogP contribution in [-0.4, -0.2) is 19.1 Å². The van der Waals surface area contributed by atoms with Gasteiger partial charge < -0.3 is 9.30 Å². The topological polar surface area (TPSA) is 48.8 Å². The number of para-hydroxylation sites is 1. The van der Waals surface area contributed by atoms with E-state index in [2.05, 4.69) is 84.3 Å². The monoisotopic (exact) mass is 964 g/mol. The summed E-state index contributed by atoms with van der Waals surface area (Å²) in [7, 11) is 0. The van der Waals surface area contributed by atoms with Crippen LogP contribution in [0.5, 0.6) is 11.5 Å². The molecule has 0 spiro atoms. The second-order valence-corrected chi connectivity index (χ2v) is 18.6. The normalized spacial score (nSPS) is 14.0. The second-order valence-electron chi connectivity index (χ2n) is 18.6. The third kappa shape index (κ3) is 8.80. The number of aromatic nitrogens is 5. The molecule has 4 aromatic carbocycles. The summed E-state index contributed by atoms with van der Waals surface area (Å²) in [6.07, 6.45) is 2.14. The standard InChI is InChI=1S/C52H55N5O.Pt/c1-34(2)25-35-23-24-53-48(27-35)57-43-18-13-12-17-41(43)42-21-20-39(29-45(42)57)58-40-30-47(52(9,10)11)54-49(31-40)56-33-55(38-16-14-15-36(26-38)32-50(3,4)5)44-22-19-37(28-46(44)56)51(6,7)8;/h12-24,26-28,30,34H,25,32H2,1-11H3;/q-2;/i25D2,32D2;. The SMILES string of the molecule is [2H]C([2H])(c1ccnc(-n2c3[c-]c(Oc4[c-]c(-n5[c-][n+](-c6cccc(C([2H])([2H])C(C)(C)C)c6)c6ccc(C(C)(C)C)cc65)nc(C(C)(C)C)c4)ccc3c3ccccc32)c1)C(C)C.[Pt]. The Labute approximate surface area is 370 Å². The molecule has 0 aliphatic rings. The zero-order valence-corrected chi connectivity index (χ0v) is 38.1. The predicted molar refractivity (Wildman–Crippen MR) is 237 cm³/mol. The zero-order valence-electron chi connectivity index (χ0n) is 39.9. The van der Waals surface area contributed by atoms with Crippen LogP contribution in [-0.2, 0) is 44.6 Å². The molecule has 0 saturated carbocycles. The summed E-state index contributed by atoms with van der Waals surface area (Å²) in [5.41, 5.74) is 6.20. The van der Waals surface area contributed by atoms with Crippen molar-refractivity contribution in [2.45, 2.75) is 99.7 Å². The van der Waals surface area contributed by atoms with E-state index in [9.17, 15) is 0 Å². The molecule has 4 aromatic heterocycles. The van der Waals surface area contributed by atoms with Crippen LogP contribution in [0.25, 0.3) is 50.2 Å². The Balaban J connectivity index is 0.00000595. The molecule has 6 nitrogen and oxygen atoms in total. The first-order valence-corrected chi connectivity index (χ1v) is 20.1. The number of rotatable bonds is 8. The number of nitrogens with zero attached hydrogens (tertiary/aromatic N) is 5. The summed E-state index contributed by atoms with van der Waals surface area (Å²) in [6.45, 7) is 22.5. The number of ether oxygens (including phenoxy) is 1. The summed E-state index contributed by atoms with van der Waals surface area (Å²) in [6, 6.07) is 38.7. The van der Waals surface area contributed by atoms with Crippen molar-refractivity contribution in [3.8, 4) is 28.8 Å². The first-order valence-electron chi connectivity index (χ1n) is 22.1. The third-order valence-electron chi connectivity index (χ3n) is 10.1.